The maximum absolute atomic E-state index is 15.3. The highest BCUT2D eigenvalue weighted by Gasteiger charge is 2.34. The molecule has 12 nitrogen and oxygen atoms in total. The molecule has 0 radical (unpaired) electrons. The summed E-state index contributed by atoms with van der Waals surface area (Å²) in [6.45, 7) is 1.94. The first-order valence-corrected chi connectivity index (χ1v) is 12.2. The highest BCUT2D eigenvalue weighted by molar-refractivity contribution is 6.02. The molecule has 1 saturated heterocycles. The van der Waals surface area contributed by atoms with Gasteiger partial charge < -0.3 is 19.5 Å². The molecule has 0 bridgehead atoms. The lowest BCUT2D eigenvalue weighted by atomic mass is 10.1. The number of Topliss-reactive ketones (excluding diaryl/α,β-unsaturated/α-hetero) is 1. The van der Waals surface area contributed by atoms with Gasteiger partial charge in [-0.2, -0.15) is 9.59 Å². The predicted octanol–water partition coefficient (Wildman–Crippen LogP) is 2.41. The number of carbonyl (C=O) groups is 3. The van der Waals surface area contributed by atoms with E-state index >= 15 is 8.78 Å². The molecular formula is C26H24F2N4O8. The lowest BCUT2D eigenvalue weighted by molar-refractivity contribution is -0.191. The number of para-hydroxylation sites is 1. The Morgan fingerprint density at radius 1 is 1.05 bits per heavy atom. The number of aromatic nitrogens is 2. The second-order valence-electron chi connectivity index (χ2n) is 9.24. The van der Waals surface area contributed by atoms with Crippen LogP contribution in [-0.2, 0) is 32.2 Å². The summed E-state index contributed by atoms with van der Waals surface area (Å²) in [7, 11) is 0. The fourth-order valence-electron chi connectivity index (χ4n) is 5.01. The number of carboxylic acids is 1. The molecule has 1 atom stereocenters. The van der Waals surface area contributed by atoms with Crippen LogP contribution in [0.3, 0.4) is 0 Å². The topological polar surface area (TPSA) is 148 Å². The molecule has 210 valence electrons. The number of hydrogen-bond acceptors (Lipinski definition) is 8. The van der Waals surface area contributed by atoms with E-state index in [1.165, 1.54) is 28.6 Å². The average molecular weight is 558 g/mol. The SMILES string of the molecule is CC(=O)CC[C@H]1CN(c2cc(F)c(N3CCn4c(=O)c5cccc(C(=O)O)c5n4CC3)c(F)c2)C(=O)O1.O=C=O. The maximum atomic E-state index is 15.3. The number of fused-ring (bicyclic) bond motifs is 3. The van der Waals surface area contributed by atoms with E-state index in [0.29, 0.717) is 6.42 Å². The van der Waals surface area contributed by atoms with Crippen LogP contribution < -0.4 is 15.4 Å². The number of anilines is 2. The van der Waals surface area contributed by atoms with Crippen LogP contribution in [0.1, 0.15) is 30.1 Å². The van der Waals surface area contributed by atoms with Crippen LogP contribution >= 0.6 is 0 Å². The van der Waals surface area contributed by atoms with Gasteiger partial charge in [0.15, 0.2) is 11.6 Å². The van der Waals surface area contributed by atoms with E-state index in [9.17, 15) is 24.3 Å². The molecule has 3 heterocycles. The van der Waals surface area contributed by atoms with Gasteiger partial charge in [-0.3, -0.25) is 14.4 Å². The molecule has 14 heteroatoms. The van der Waals surface area contributed by atoms with Gasteiger partial charge >= 0.3 is 18.2 Å². The van der Waals surface area contributed by atoms with E-state index in [2.05, 4.69) is 0 Å². The summed E-state index contributed by atoms with van der Waals surface area (Å²) < 4.78 is 38.7. The fraction of sp³-hybridized carbons (Fsp3) is 0.346. The Labute approximate surface area is 224 Å². The molecule has 3 aromatic rings. The van der Waals surface area contributed by atoms with Gasteiger partial charge in [0, 0.05) is 31.6 Å². The molecular weight excluding hydrogens is 534 g/mol. The Morgan fingerprint density at radius 2 is 1.68 bits per heavy atom. The first-order valence-electron chi connectivity index (χ1n) is 12.2. The number of hydrogen-bond donors (Lipinski definition) is 1. The summed E-state index contributed by atoms with van der Waals surface area (Å²) in [6.07, 6.45) is -0.481. The Hall–Kier alpha value is -4.84. The third-order valence-electron chi connectivity index (χ3n) is 6.77. The van der Waals surface area contributed by atoms with Gasteiger partial charge in [0.05, 0.1) is 41.8 Å². The zero-order valence-electron chi connectivity index (χ0n) is 21.3. The molecule has 40 heavy (non-hydrogen) atoms. The fourth-order valence-corrected chi connectivity index (χ4v) is 5.01. The van der Waals surface area contributed by atoms with Gasteiger partial charge in [0.1, 0.15) is 17.6 Å². The van der Waals surface area contributed by atoms with Crippen molar-refractivity contribution in [1.82, 2.24) is 9.36 Å². The van der Waals surface area contributed by atoms with Crippen molar-refractivity contribution in [3.63, 3.8) is 0 Å². The summed E-state index contributed by atoms with van der Waals surface area (Å²) in [4.78, 5) is 67.0. The minimum Gasteiger partial charge on any atom is -0.478 e. The molecule has 1 aromatic heterocycles. The van der Waals surface area contributed by atoms with Crippen molar-refractivity contribution in [1.29, 1.82) is 0 Å². The Balaban J connectivity index is 0.00000118. The van der Waals surface area contributed by atoms with Crippen LogP contribution in [0.5, 0.6) is 0 Å². The summed E-state index contributed by atoms with van der Waals surface area (Å²) in [5.74, 6) is -2.99. The van der Waals surface area contributed by atoms with E-state index < -0.39 is 29.8 Å². The molecule has 0 spiro atoms. The van der Waals surface area contributed by atoms with Crippen LogP contribution in [-0.4, -0.2) is 64.2 Å². The second-order valence-corrected chi connectivity index (χ2v) is 9.24. The van der Waals surface area contributed by atoms with Crippen LogP contribution in [0.4, 0.5) is 25.0 Å². The first kappa shape index (κ1) is 28.2. The van der Waals surface area contributed by atoms with Crippen LogP contribution in [0.15, 0.2) is 35.1 Å². The third kappa shape index (κ3) is 5.34. The Morgan fingerprint density at radius 3 is 2.27 bits per heavy atom. The zero-order valence-corrected chi connectivity index (χ0v) is 21.3. The number of ketones is 1. The minimum atomic E-state index is -1.18. The van der Waals surface area contributed by atoms with Crippen molar-refractivity contribution < 1.29 is 42.6 Å². The predicted molar refractivity (Wildman–Crippen MR) is 134 cm³/mol. The lowest BCUT2D eigenvalue weighted by Crippen LogP contribution is -2.30. The van der Waals surface area contributed by atoms with E-state index in [1.807, 2.05) is 0 Å². The average Bonchev–Trinajstić information content (AvgIpc) is 3.30. The highest BCUT2D eigenvalue weighted by atomic mass is 19.1. The molecule has 1 fully saturated rings. The van der Waals surface area contributed by atoms with Crippen LogP contribution in [0.2, 0.25) is 0 Å². The minimum absolute atomic E-state index is 0.00321. The molecule has 0 aliphatic carbocycles. The number of halogens is 2. The summed E-state index contributed by atoms with van der Waals surface area (Å²) >= 11 is 0. The Bertz CT molecular complexity index is 1570. The molecule has 2 aliphatic heterocycles. The number of benzene rings is 2. The molecule has 2 aromatic carbocycles. The summed E-state index contributed by atoms with van der Waals surface area (Å²) in [5, 5.41) is 9.86. The second kappa shape index (κ2) is 11.5. The molecule has 1 amide bonds. The van der Waals surface area contributed by atoms with Crippen molar-refractivity contribution in [2.24, 2.45) is 0 Å². The number of cyclic esters (lactones) is 1. The maximum Gasteiger partial charge on any atom is 0.414 e. The van der Waals surface area contributed by atoms with Gasteiger partial charge in [-0.1, -0.05) is 6.07 Å². The van der Waals surface area contributed by atoms with Gasteiger partial charge in [-0.05, 0) is 25.5 Å². The summed E-state index contributed by atoms with van der Waals surface area (Å²) in [6, 6.07) is 6.59. The smallest absolute Gasteiger partial charge is 0.414 e. The molecule has 2 aliphatic rings. The van der Waals surface area contributed by atoms with Crippen LogP contribution in [0.25, 0.3) is 10.9 Å². The number of ether oxygens (including phenoxy) is 1. The molecule has 0 unspecified atom stereocenters. The number of aromatic carboxylic acids is 1. The number of amides is 1. The van der Waals surface area contributed by atoms with Gasteiger partial charge in [-0.25, -0.2) is 23.1 Å². The van der Waals surface area contributed by atoms with E-state index in [1.54, 1.807) is 10.7 Å². The van der Waals surface area contributed by atoms with E-state index in [0.717, 1.165) is 17.0 Å². The largest absolute Gasteiger partial charge is 0.478 e. The van der Waals surface area contributed by atoms with Crippen molar-refractivity contribution in [3.05, 3.63) is 57.9 Å². The standard InChI is InChI=1S/C25H24F2N4O6.CO2/c1-14(32)5-6-16-13-29(25(36)37-16)15-11-19(26)22(20(27)12-15)28-7-9-30-21-17(23(33)31(30)10-8-28)3-2-4-18(21)24(34)35;2-1-3/h2-4,11-12,16H,5-10,13H2,1H3,(H,34,35);/t16-;/m0./s1. The van der Waals surface area contributed by atoms with Gasteiger partial charge in [-0.15, -0.1) is 0 Å². The zero-order chi connectivity index (χ0) is 29.1. The monoisotopic (exact) mass is 558 g/mol. The van der Waals surface area contributed by atoms with Crippen molar-refractivity contribution in [3.8, 4) is 0 Å². The number of carbonyl (C=O) groups excluding carboxylic acids is 4. The highest BCUT2D eigenvalue weighted by Crippen LogP contribution is 2.32. The van der Waals surface area contributed by atoms with Crippen molar-refractivity contribution in [2.75, 3.05) is 29.4 Å². The quantitative estimate of drug-likeness (QED) is 0.481. The van der Waals surface area contributed by atoms with E-state index in [-0.39, 0.29) is 84.5 Å². The van der Waals surface area contributed by atoms with E-state index in [4.69, 9.17) is 14.3 Å². The lowest BCUT2D eigenvalue weighted by Gasteiger charge is -2.24. The Kier molecular flexibility index (Phi) is 8.10. The summed E-state index contributed by atoms with van der Waals surface area (Å²) in [5.41, 5.74) is -0.426. The van der Waals surface area contributed by atoms with Gasteiger partial charge in [0.2, 0.25) is 0 Å². The molecule has 0 saturated carbocycles. The third-order valence-corrected chi connectivity index (χ3v) is 6.77. The first-order chi connectivity index (χ1) is 19.1. The van der Waals surface area contributed by atoms with Crippen LogP contribution in [0, 0.1) is 11.6 Å². The molecule has 1 N–H and O–H groups in total. The molecule has 5 rings (SSSR count). The normalized spacial score (nSPS) is 16.5. The number of nitrogens with zero attached hydrogens (tertiary/aromatic N) is 4. The van der Waals surface area contributed by atoms with Crippen molar-refractivity contribution >= 4 is 46.3 Å². The van der Waals surface area contributed by atoms with Crippen molar-refractivity contribution in [2.45, 2.75) is 39.0 Å². The number of rotatable bonds is 6. The van der Waals surface area contributed by atoms with Gasteiger partial charge in [0.25, 0.3) is 5.56 Å². The number of carboxylic acid groups (broad SMARTS) is 1.